The fraction of sp³-hybridized carbons (Fsp3) is 0.333. The summed E-state index contributed by atoms with van der Waals surface area (Å²) in [4.78, 5) is 0. The quantitative estimate of drug-likeness (QED) is 0.576. The third-order valence-electron chi connectivity index (χ3n) is 1.16. The molecule has 3 heteroatoms. The Kier molecular flexibility index (Phi) is 4.40. The van der Waals surface area contributed by atoms with Crippen LogP contribution in [0, 0.1) is 0 Å². The summed E-state index contributed by atoms with van der Waals surface area (Å²) in [5.74, 6) is 0. The van der Waals surface area contributed by atoms with E-state index in [1.165, 1.54) is 6.08 Å². The summed E-state index contributed by atoms with van der Waals surface area (Å²) >= 11 is 0. The molecule has 0 N–H and O–H groups in total. The van der Waals surface area contributed by atoms with Crippen LogP contribution in [0.2, 0.25) is 0 Å². The van der Waals surface area contributed by atoms with Gasteiger partial charge in [-0.1, -0.05) is 37.8 Å². The molecule has 0 unspecified atom stereocenters. The minimum Gasteiger partial charge on any atom is -0.166 e. The lowest BCUT2D eigenvalue weighted by molar-refractivity contribution is -0.0881. The molecule has 0 aliphatic rings. The number of alkyl halides is 3. The Hall–Kier alpha value is -0.990. The predicted molar refractivity (Wildman–Crippen MR) is 43.8 cm³/mol. The van der Waals surface area contributed by atoms with E-state index in [2.05, 4.69) is 6.58 Å². The first-order valence-corrected chi connectivity index (χ1v) is 3.58. The topological polar surface area (TPSA) is 0 Å². The second kappa shape index (κ2) is 4.80. The standard InChI is InChI=1S/C9H11F3/c1-3-5-7-8(6-4-2)9(10,11)12/h4-7H,2-3H2,1H3/b7-5-,8-6+. The Bertz CT molecular complexity index is 196. The van der Waals surface area contributed by atoms with Gasteiger partial charge in [0.2, 0.25) is 0 Å². The summed E-state index contributed by atoms with van der Waals surface area (Å²) in [6.45, 7) is 4.99. The molecule has 0 saturated carbocycles. The van der Waals surface area contributed by atoms with Gasteiger partial charge < -0.3 is 0 Å². The molecule has 0 aliphatic heterocycles. The Morgan fingerprint density at radius 2 is 2.00 bits per heavy atom. The summed E-state index contributed by atoms with van der Waals surface area (Å²) in [5.41, 5.74) is -0.667. The molecule has 0 nitrogen and oxygen atoms in total. The van der Waals surface area contributed by atoms with Gasteiger partial charge in [-0.05, 0) is 6.42 Å². The van der Waals surface area contributed by atoms with Crippen molar-refractivity contribution in [3.05, 3.63) is 36.5 Å². The lowest BCUT2D eigenvalue weighted by atomic mass is 10.2. The van der Waals surface area contributed by atoms with Crippen molar-refractivity contribution in [2.75, 3.05) is 0 Å². The van der Waals surface area contributed by atoms with Crippen molar-refractivity contribution in [2.24, 2.45) is 0 Å². The van der Waals surface area contributed by atoms with Crippen LogP contribution in [0.25, 0.3) is 0 Å². The number of hydrogen-bond donors (Lipinski definition) is 0. The Balaban J connectivity index is 4.57. The molecule has 12 heavy (non-hydrogen) atoms. The van der Waals surface area contributed by atoms with E-state index in [9.17, 15) is 13.2 Å². The zero-order valence-electron chi connectivity index (χ0n) is 6.86. The lowest BCUT2D eigenvalue weighted by Gasteiger charge is -2.05. The van der Waals surface area contributed by atoms with Crippen LogP contribution in [-0.4, -0.2) is 6.18 Å². The summed E-state index contributed by atoms with van der Waals surface area (Å²) < 4.78 is 36.2. The van der Waals surface area contributed by atoms with Crippen LogP contribution >= 0.6 is 0 Å². The SMILES string of the molecule is C=C/C=C(\C=C/CC)C(F)(F)F. The summed E-state index contributed by atoms with van der Waals surface area (Å²) in [5, 5.41) is 0. The van der Waals surface area contributed by atoms with E-state index < -0.39 is 11.7 Å². The number of allylic oxidation sites excluding steroid dienone is 5. The fourth-order valence-electron chi connectivity index (χ4n) is 0.616. The molecule has 0 aromatic heterocycles. The highest BCUT2D eigenvalue weighted by atomic mass is 19.4. The molecule has 0 radical (unpaired) electrons. The van der Waals surface area contributed by atoms with Gasteiger partial charge in [0.05, 0.1) is 5.57 Å². The highest BCUT2D eigenvalue weighted by molar-refractivity contribution is 5.27. The monoisotopic (exact) mass is 176 g/mol. The highest BCUT2D eigenvalue weighted by Crippen LogP contribution is 2.26. The van der Waals surface area contributed by atoms with Crippen LogP contribution < -0.4 is 0 Å². The molecule has 0 atom stereocenters. The Labute approximate surface area is 70.1 Å². The Morgan fingerprint density at radius 1 is 1.42 bits per heavy atom. The third-order valence-corrected chi connectivity index (χ3v) is 1.16. The molecular formula is C9H11F3. The van der Waals surface area contributed by atoms with Crippen molar-refractivity contribution in [1.82, 2.24) is 0 Å². The van der Waals surface area contributed by atoms with Crippen molar-refractivity contribution < 1.29 is 13.2 Å². The minimum atomic E-state index is -4.28. The molecule has 0 aromatic carbocycles. The largest absolute Gasteiger partial charge is 0.416 e. The molecule has 0 fully saturated rings. The van der Waals surface area contributed by atoms with E-state index in [0.717, 1.165) is 18.2 Å². The minimum absolute atomic E-state index is 0.588. The van der Waals surface area contributed by atoms with E-state index in [-0.39, 0.29) is 0 Å². The van der Waals surface area contributed by atoms with Crippen molar-refractivity contribution >= 4 is 0 Å². The first-order chi connectivity index (χ1) is 5.52. The van der Waals surface area contributed by atoms with Gasteiger partial charge in [-0.15, -0.1) is 0 Å². The van der Waals surface area contributed by atoms with Gasteiger partial charge in [-0.2, -0.15) is 13.2 Å². The Morgan fingerprint density at radius 3 is 2.33 bits per heavy atom. The van der Waals surface area contributed by atoms with Gasteiger partial charge in [0.25, 0.3) is 0 Å². The molecule has 0 saturated heterocycles. The van der Waals surface area contributed by atoms with Crippen molar-refractivity contribution in [3.8, 4) is 0 Å². The zero-order chi connectivity index (χ0) is 9.61. The second-order valence-corrected chi connectivity index (χ2v) is 2.17. The van der Waals surface area contributed by atoms with Gasteiger partial charge in [0.1, 0.15) is 0 Å². The molecule has 0 amide bonds. The van der Waals surface area contributed by atoms with Gasteiger partial charge in [0.15, 0.2) is 0 Å². The predicted octanol–water partition coefficient (Wildman–Crippen LogP) is 3.63. The maximum absolute atomic E-state index is 12.1. The zero-order valence-corrected chi connectivity index (χ0v) is 6.86. The van der Waals surface area contributed by atoms with Crippen molar-refractivity contribution in [2.45, 2.75) is 19.5 Å². The van der Waals surface area contributed by atoms with Gasteiger partial charge in [0, 0.05) is 0 Å². The molecule has 0 bridgehead atoms. The molecule has 0 spiro atoms. The molecule has 0 rings (SSSR count). The average Bonchev–Trinajstić information content (AvgIpc) is 1.95. The normalized spacial score (nSPS) is 13.8. The van der Waals surface area contributed by atoms with E-state index in [1.807, 2.05) is 0 Å². The van der Waals surface area contributed by atoms with Crippen LogP contribution in [-0.2, 0) is 0 Å². The smallest absolute Gasteiger partial charge is 0.166 e. The number of hydrogen-bond acceptors (Lipinski definition) is 0. The van der Waals surface area contributed by atoms with Crippen molar-refractivity contribution in [1.29, 1.82) is 0 Å². The number of rotatable bonds is 3. The average molecular weight is 176 g/mol. The maximum atomic E-state index is 12.1. The molecule has 68 valence electrons. The second-order valence-electron chi connectivity index (χ2n) is 2.17. The summed E-state index contributed by atoms with van der Waals surface area (Å²) in [6.07, 6.45) is 0.907. The molecule has 0 heterocycles. The summed E-state index contributed by atoms with van der Waals surface area (Å²) in [6, 6.07) is 0. The van der Waals surface area contributed by atoms with Gasteiger partial charge in [-0.25, -0.2) is 0 Å². The summed E-state index contributed by atoms with van der Waals surface area (Å²) in [7, 11) is 0. The third kappa shape index (κ3) is 4.01. The van der Waals surface area contributed by atoms with Crippen LogP contribution in [0.4, 0.5) is 13.2 Å². The van der Waals surface area contributed by atoms with E-state index in [1.54, 1.807) is 6.92 Å². The van der Waals surface area contributed by atoms with Gasteiger partial charge >= 0.3 is 6.18 Å². The van der Waals surface area contributed by atoms with Crippen LogP contribution in [0.15, 0.2) is 36.5 Å². The first-order valence-electron chi connectivity index (χ1n) is 3.58. The highest BCUT2D eigenvalue weighted by Gasteiger charge is 2.30. The maximum Gasteiger partial charge on any atom is 0.416 e. The molecule has 0 aliphatic carbocycles. The van der Waals surface area contributed by atoms with E-state index in [4.69, 9.17) is 0 Å². The van der Waals surface area contributed by atoms with Crippen LogP contribution in [0.3, 0.4) is 0 Å². The van der Waals surface area contributed by atoms with Gasteiger partial charge in [-0.3, -0.25) is 0 Å². The molecular weight excluding hydrogens is 165 g/mol. The lowest BCUT2D eigenvalue weighted by Crippen LogP contribution is -2.09. The fourth-order valence-corrected chi connectivity index (χ4v) is 0.616. The van der Waals surface area contributed by atoms with E-state index in [0.29, 0.717) is 6.42 Å². The van der Waals surface area contributed by atoms with Crippen LogP contribution in [0.1, 0.15) is 13.3 Å². The number of halogens is 3. The molecule has 0 aromatic rings. The van der Waals surface area contributed by atoms with E-state index >= 15 is 0 Å². The first kappa shape index (κ1) is 11.0. The van der Waals surface area contributed by atoms with Crippen molar-refractivity contribution in [3.63, 3.8) is 0 Å². The van der Waals surface area contributed by atoms with Crippen LogP contribution in [0.5, 0.6) is 0 Å².